The zero-order valence-electron chi connectivity index (χ0n) is 19.3. The summed E-state index contributed by atoms with van der Waals surface area (Å²) in [6.45, 7) is 0. The summed E-state index contributed by atoms with van der Waals surface area (Å²) in [5.74, 6) is 0.169. The van der Waals surface area contributed by atoms with E-state index >= 15 is 0 Å². The summed E-state index contributed by atoms with van der Waals surface area (Å²) in [5.41, 5.74) is 6.24. The van der Waals surface area contributed by atoms with E-state index in [0.717, 1.165) is 21.7 Å². The van der Waals surface area contributed by atoms with Crippen LogP contribution in [0.1, 0.15) is 5.56 Å². The van der Waals surface area contributed by atoms with Gasteiger partial charge in [0, 0.05) is 16.1 Å². The number of nitrogens with zero attached hydrogens (tertiary/aromatic N) is 2. The molecule has 184 valence electrons. The highest BCUT2D eigenvalue weighted by Gasteiger charge is 2.18. The Labute approximate surface area is 224 Å². The summed E-state index contributed by atoms with van der Waals surface area (Å²) in [5, 5.41) is 5.54. The standard InChI is InChI=1S/C28H20ClN3O3S2/c29-23-17-15-20(16-18-23)26-27(21-9-3-1-4-10-21)36-28(31-26)32-30-19-22-11-7-8-14-25(22)35-37(33,34)24-12-5-2-6-13-24/h1-19H,(H,31,32). The lowest BCUT2D eigenvalue weighted by molar-refractivity contribution is 0.485. The lowest BCUT2D eigenvalue weighted by Gasteiger charge is -2.09. The van der Waals surface area contributed by atoms with Crippen LogP contribution in [-0.4, -0.2) is 19.6 Å². The van der Waals surface area contributed by atoms with E-state index in [4.69, 9.17) is 20.8 Å². The average Bonchev–Trinajstić information content (AvgIpc) is 3.35. The highest BCUT2D eigenvalue weighted by molar-refractivity contribution is 7.87. The van der Waals surface area contributed by atoms with Crippen molar-refractivity contribution in [2.24, 2.45) is 5.10 Å². The van der Waals surface area contributed by atoms with Crippen LogP contribution in [-0.2, 0) is 10.1 Å². The molecule has 4 aromatic carbocycles. The number of halogens is 1. The Morgan fingerprint density at radius 3 is 2.19 bits per heavy atom. The fourth-order valence-electron chi connectivity index (χ4n) is 3.53. The molecule has 0 amide bonds. The first-order chi connectivity index (χ1) is 18.0. The summed E-state index contributed by atoms with van der Waals surface area (Å²) in [4.78, 5) is 5.82. The number of rotatable bonds is 8. The van der Waals surface area contributed by atoms with E-state index in [1.54, 1.807) is 42.5 Å². The molecule has 9 heteroatoms. The van der Waals surface area contributed by atoms with Crippen LogP contribution in [0.15, 0.2) is 119 Å². The molecule has 0 saturated carbocycles. The van der Waals surface area contributed by atoms with Gasteiger partial charge < -0.3 is 4.18 Å². The first kappa shape index (κ1) is 24.7. The van der Waals surface area contributed by atoms with Crippen molar-refractivity contribution in [2.45, 2.75) is 4.90 Å². The molecule has 37 heavy (non-hydrogen) atoms. The number of anilines is 1. The molecule has 0 atom stereocenters. The fourth-order valence-corrected chi connectivity index (χ4v) is 5.57. The highest BCUT2D eigenvalue weighted by Crippen LogP contribution is 2.39. The van der Waals surface area contributed by atoms with Gasteiger partial charge in [-0.3, -0.25) is 5.43 Å². The largest absolute Gasteiger partial charge is 0.378 e. The number of thiazole rings is 1. The molecule has 5 aromatic rings. The van der Waals surface area contributed by atoms with Gasteiger partial charge in [-0.25, -0.2) is 4.98 Å². The molecule has 1 heterocycles. The van der Waals surface area contributed by atoms with E-state index in [9.17, 15) is 8.42 Å². The van der Waals surface area contributed by atoms with E-state index in [2.05, 4.69) is 10.5 Å². The second-order valence-electron chi connectivity index (χ2n) is 7.83. The third-order valence-corrected chi connectivity index (χ3v) is 7.80. The normalized spacial score (nSPS) is 11.5. The molecule has 0 aliphatic carbocycles. The smallest absolute Gasteiger partial charge is 0.339 e. The van der Waals surface area contributed by atoms with Gasteiger partial charge in [-0.05, 0) is 42.0 Å². The Balaban J connectivity index is 1.41. The SMILES string of the molecule is O=S(=O)(Oc1ccccc1C=NNc1nc(-c2ccc(Cl)cc2)c(-c2ccccc2)s1)c1ccccc1. The minimum absolute atomic E-state index is 0.0748. The van der Waals surface area contributed by atoms with Gasteiger partial charge in [-0.15, -0.1) is 0 Å². The van der Waals surface area contributed by atoms with Gasteiger partial charge in [-0.1, -0.05) is 95.7 Å². The molecule has 0 aliphatic rings. The molecule has 0 spiro atoms. The number of hydrogen-bond acceptors (Lipinski definition) is 7. The molecule has 5 rings (SSSR count). The van der Waals surface area contributed by atoms with Gasteiger partial charge in [0.2, 0.25) is 5.13 Å². The van der Waals surface area contributed by atoms with E-state index in [1.165, 1.54) is 29.7 Å². The van der Waals surface area contributed by atoms with Crippen LogP contribution in [0.4, 0.5) is 5.13 Å². The minimum Gasteiger partial charge on any atom is -0.378 e. The van der Waals surface area contributed by atoms with Crippen LogP contribution >= 0.6 is 22.9 Å². The maximum absolute atomic E-state index is 12.7. The Hall–Kier alpha value is -3.98. The molecule has 0 saturated heterocycles. The van der Waals surface area contributed by atoms with Crippen molar-refractivity contribution in [3.63, 3.8) is 0 Å². The molecule has 0 fully saturated rings. The quantitative estimate of drug-likeness (QED) is 0.125. The number of aromatic nitrogens is 1. The summed E-state index contributed by atoms with van der Waals surface area (Å²) >= 11 is 7.54. The lowest BCUT2D eigenvalue weighted by atomic mass is 10.1. The maximum atomic E-state index is 12.7. The zero-order chi connectivity index (χ0) is 25.7. The Morgan fingerprint density at radius 2 is 1.46 bits per heavy atom. The monoisotopic (exact) mass is 545 g/mol. The van der Waals surface area contributed by atoms with Crippen LogP contribution in [0.25, 0.3) is 21.7 Å². The Morgan fingerprint density at radius 1 is 0.811 bits per heavy atom. The van der Waals surface area contributed by atoms with Gasteiger partial charge in [0.1, 0.15) is 4.90 Å². The molecule has 0 bridgehead atoms. The predicted octanol–water partition coefficient (Wildman–Crippen LogP) is 7.34. The van der Waals surface area contributed by atoms with Crippen LogP contribution in [0, 0.1) is 0 Å². The summed E-state index contributed by atoms with van der Waals surface area (Å²) in [7, 11) is -3.98. The van der Waals surface area contributed by atoms with Crippen LogP contribution in [0.5, 0.6) is 5.75 Å². The van der Waals surface area contributed by atoms with E-state index < -0.39 is 10.1 Å². The third-order valence-electron chi connectivity index (χ3n) is 5.30. The molecule has 1 aromatic heterocycles. The summed E-state index contributed by atoms with van der Waals surface area (Å²) in [6.07, 6.45) is 1.50. The topological polar surface area (TPSA) is 80.7 Å². The summed E-state index contributed by atoms with van der Waals surface area (Å²) < 4.78 is 30.8. The molecule has 0 aliphatic heterocycles. The second-order valence-corrected chi connectivity index (χ2v) is 10.8. The Bertz CT molecular complexity index is 1640. The number of para-hydroxylation sites is 1. The summed E-state index contributed by atoms with van der Waals surface area (Å²) in [6, 6.07) is 32.3. The van der Waals surface area contributed by atoms with Crippen molar-refractivity contribution in [1.29, 1.82) is 0 Å². The lowest BCUT2D eigenvalue weighted by Crippen LogP contribution is -2.10. The molecule has 6 nitrogen and oxygen atoms in total. The zero-order valence-corrected chi connectivity index (χ0v) is 21.7. The molecule has 1 N–H and O–H groups in total. The van der Waals surface area contributed by atoms with Gasteiger partial charge >= 0.3 is 10.1 Å². The fraction of sp³-hybridized carbons (Fsp3) is 0. The van der Waals surface area contributed by atoms with E-state index in [0.29, 0.717) is 15.7 Å². The molecule has 0 unspecified atom stereocenters. The van der Waals surface area contributed by atoms with Crippen LogP contribution in [0.3, 0.4) is 0 Å². The average molecular weight is 546 g/mol. The van der Waals surface area contributed by atoms with Crippen molar-refractivity contribution in [3.05, 3.63) is 120 Å². The number of hydrazone groups is 1. The van der Waals surface area contributed by atoms with Crippen molar-refractivity contribution in [3.8, 4) is 27.4 Å². The number of benzene rings is 4. The van der Waals surface area contributed by atoms with Crippen LogP contribution < -0.4 is 9.61 Å². The van der Waals surface area contributed by atoms with Crippen LogP contribution in [0.2, 0.25) is 5.02 Å². The van der Waals surface area contributed by atoms with Gasteiger partial charge in [0.25, 0.3) is 0 Å². The third kappa shape index (κ3) is 5.89. The van der Waals surface area contributed by atoms with E-state index in [-0.39, 0.29) is 10.6 Å². The van der Waals surface area contributed by atoms with Crippen molar-refractivity contribution in [1.82, 2.24) is 4.98 Å². The number of nitrogens with one attached hydrogen (secondary N) is 1. The highest BCUT2D eigenvalue weighted by atomic mass is 35.5. The van der Waals surface area contributed by atoms with Crippen molar-refractivity contribution < 1.29 is 12.6 Å². The molecular weight excluding hydrogens is 526 g/mol. The first-order valence-electron chi connectivity index (χ1n) is 11.2. The van der Waals surface area contributed by atoms with Gasteiger partial charge in [0.15, 0.2) is 5.75 Å². The second kappa shape index (κ2) is 11.0. The maximum Gasteiger partial charge on any atom is 0.339 e. The Kier molecular flexibility index (Phi) is 7.32. The van der Waals surface area contributed by atoms with E-state index in [1.807, 2.05) is 54.6 Å². The molecule has 0 radical (unpaired) electrons. The van der Waals surface area contributed by atoms with Crippen molar-refractivity contribution in [2.75, 3.05) is 5.43 Å². The predicted molar refractivity (Wildman–Crippen MR) is 150 cm³/mol. The first-order valence-corrected chi connectivity index (χ1v) is 13.8. The van der Waals surface area contributed by atoms with Gasteiger partial charge in [0.05, 0.1) is 16.8 Å². The number of hydrogen-bond donors (Lipinski definition) is 1. The minimum atomic E-state index is -3.98. The molecular formula is C28H20ClN3O3S2. The van der Waals surface area contributed by atoms with Crippen molar-refractivity contribution >= 4 is 44.4 Å². The van der Waals surface area contributed by atoms with Gasteiger partial charge in [-0.2, -0.15) is 13.5 Å².